The fourth-order valence-corrected chi connectivity index (χ4v) is 2.54. The first-order valence-corrected chi connectivity index (χ1v) is 7.37. The number of hydrogen-bond acceptors (Lipinski definition) is 2. The van der Waals surface area contributed by atoms with E-state index in [0.717, 1.165) is 0 Å². The maximum Gasteiger partial charge on any atom is 0.247 e. The van der Waals surface area contributed by atoms with Gasteiger partial charge in [-0.1, -0.05) is 0 Å². The van der Waals surface area contributed by atoms with Gasteiger partial charge in [0.1, 0.15) is 16.9 Å². The van der Waals surface area contributed by atoms with E-state index >= 15 is 0 Å². The van der Waals surface area contributed by atoms with Crippen LogP contribution < -0.4 is 0 Å². The summed E-state index contributed by atoms with van der Waals surface area (Å²) in [5.74, 6) is -7.40. The molecule has 0 radical (unpaired) electrons. The summed E-state index contributed by atoms with van der Waals surface area (Å²) in [7, 11) is 0. The summed E-state index contributed by atoms with van der Waals surface area (Å²) in [5, 5.41) is 0. The van der Waals surface area contributed by atoms with E-state index in [2.05, 4.69) is 9.97 Å². The highest BCUT2D eigenvalue weighted by atomic mass is 19.2. The molecule has 0 saturated carbocycles. The highest BCUT2D eigenvalue weighted by Gasteiger charge is 2.23. The number of imidazole rings is 1. The van der Waals surface area contributed by atoms with E-state index in [9.17, 15) is 22.4 Å². The van der Waals surface area contributed by atoms with Crippen molar-refractivity contribution in [2.45, 2.75) is 39.8 Å². The highest BCUT2D eigenvalue weighted by Crippen LogP contribution is 2.25. The minimum atomic E-state index is -1.93. The van der Waals surface area contributed by atoms with Crippen LogP contribution in [0.3, 0.4) is 0 Å². The third-order valence-electron chi connectivity index (χ3n) is 3.48. The Kier molecular flexibility index (Phi) is 4.96. The predicted octanol–water partition coefficient (Wildman–Crippen LogP) is 3.78. The van der Waals surface area contributed by atoms with Crippen molar-refractivity contribution < 1.29 is 22.4 Å². The van der Waals surface area contributed by atoms with Gasteiger partial charge in [0.2, 0.25) is 5.91 Å². The van der Waals surface area contributed by atoms with Gasteiger partial charge >= 0.3 is 0 Å². The first-order chi connectivity index (χ1) is 11.1. The van der Waals surface area contributed by atoms with E-state index in [4.69, 9.17) is 0 Å². The fourth-order valence-electron chi connectivity index (χ4n) is 2.54. The molecule has 1 aromatic carbocycles. The van der Waals surface area contributed by atoms with Crippen LogP contribution in [0.4, 0.5) is 17.6 Å². The van der Waals surface area contributed by atoms with Gasteiger partial charge in [0.05, 0.1) is 0 Å². The standard InChI is InChI=1S/C16H17F4N3O/c1-7(2)23(8(3)4)10(24)6-5-9-21-15-13(19)11(17)12(18)14(20)16(15)22-9/h5-8H,1-4H3,(H,21,22). The number of benzene rings is 1. The van der Waals surface area contributed by atoms with Crippen molar-refractivity contribution in [3.63, 3.8) is 0 Å². The normalized spacial score (nSPS) is 12.1. The highest BCUT2D eigenvalue weighted by molar-refractivity contribution is 5.92. The molecule has 0 spiro atoms. The smallest absolute Gasteiger partial charge is 0.247 e. The zero-order valence-corrected chi connectivity index (χ0v) is 13.6. The lowest BCUT2D eigenvalue weighted by Crippen LogP contribution is -2.41. The summed E-state index contributed by atoms with van der Waals surface area (Å²) < 4.78 is 53.7. The molecule has 4 nitrogen and oxygen atoms in total. The van der Waals surface area contributed by atoms with E-state index in [1.807, 2.05) is 27.7 Å². The summed E-state index contributed by atoms with van der Waals surface area (Å²) in [6, 6.07) is -0.0909. The number of carbonyl (C=O) groups is 1. The molecule has 130 valence electrons. The number of nitrogens with one attached hydrogen (secondary N) is 1. The third kappa shape index (κ3) is 3.13. The number of halogens is 4. The Morgan fingerprint density at radius 2 is 1.54 bits per heavy atom. The molecule has 0 aliphatic carbocycles. The molecule has 1 aromatic heterocycles. The van der Waals surface area contributed by atoms with Crippen LogP contribution in [0.2, 0.25) is 0 Å². The van der Waals surface area contributed by atoms with Crippen LogP contribution in [0.1, 0.15) is 33.5 Å². The Morgan fingerprint density at radius 1 is 1.00 bits per heavy atom. The first-order valence-electron chi connectivity index (χ1n) is 7.37. The number of hydrogen-bond donors (Lipinski definition) is 1. The van der Waals surface area contributed by atoms with Gasteiger partial charge in [-0.2, -0.15) is 0 Å². The van der Waals surface area contributed by atoms with Crippen molar-refractivity contribution in [1.29, 1.82) is 0 Å². The van der Waals surface area contributed by atoms with Crippen LogP contribution in [0.25, 0.3) is 17.1 Å². The number of rotatable bonds is 4. The van der Waals surface area contributed by atoms with E-state index in [0.29, 0.717) is 0 Å². The number of amides is 1. The molecule has 1 amide bonds. The van der Waals surface area contributed by atoms with Gasteiger partial charge in [0.15, 0.2) is 23.3 Å². The summed E-state index contributed by atoms with van der Waals surface area (Å²) in [4.78, 5) is 19.8. The minimum absolute atomic E-state index is 0.0455. The maximum absolute atomic E-state index is 13.6. The second kappa shape index (κ2) is 6.62. The van der Waals surface area contributed by atoms with Crippen molar-refractivity contribution in [1.82, 2.24) is 14.9 Å². The molecule has 0 unspecified atom stereocenters. The molecule has 2 rings (SSSR count). The lowest BCUT2D eigenvalue weighted by atomic mass is 10.2. The molecular weight excluding hydrogens is 326 g/mol. The van der Waals surface area contributed by atoms with E-state index in [1.54, 1.807) is 4.90 Å². The number of fused-ring (bicyclic) bond motifs is 1. The third-order valence-corrected chi connectivity index (χ3v) is 3.48. The summed E-state index contributed by atoms with van der Waals surface area (Å²) >= 11 is 0. The molecule has 8 heteroatoms. The van der Waals surface area contributed by atoms with Crippen LogP contribution in [0.15, 0.2) is 6.08 Å². The second-order valence-corrected chi connectivity index (χ2v) is 5.87. The predicted molar refractivity (Wildman–Crippen MR) is 82.1 cm³/mol. The summed E-state index contributed by atoms with van der Waals surface area (Å²) in [5.41, 5.74) is -1.26. The number of carbonyl (C=O) groups excluding carboxylic acids is 1. The fraction of sp³-hybridized carbons (Fsp3) is 0.375. The molecule has 2 aromatic rings. The van der Waals surface area contributed by atoms with Crippen molar-refractivity contribution in [3.8, 4) is 0 Å². The average molecular weight is 343 g/mol. The lowest BCUT2D eigenvalue weighted by molar-refractivity contribution is -0.129. The van der Waals surface area contributed by atoms with Gasteiger partial charge in [-0.25, -0.2) is 22.5 Å². The maximum atomic E-state index is 13.6. The molecule has 0 bridgehead atoms. The number of H-pyrrole nitrogens is 1. The zero-order chi connectivity index (χ0) is 18.2. The monoisotopic (exact) mass is 343 g/mol. The lowest BCUT2D eigenvalue weighted by Gasteiger charge is -2.29. The van der Waals surface area contributed by atoms with Gasteiger partial charge < -0.3 is 9.88 Å². The Balaban J connectivity index is 2.39. The van der Waals surface area contributed by atoms with Crippen LogP contribution in [0.5, 0.6) is 0 Å². The van der Waals surface area contributed by atoms with Crippen LogP contribution in [-0.4, -0.2) is 32.9 Å². The molecule has 0 saturated heterocycles. The summed E-state index contributed by atoms with van der Waals surface area (Å²) in [6.07, 6.45) is 2.38. The number of aromatic amines is 1. The van der Waals surface area contributed by atoms with Crippen molar-refractivity contribution >= 4 is 23.0 Å². The molecule has 0 aliphatic rings. The Labute approximate surface area is 136 Å². The molecule has 0 atom stereocenters. The van der Waals surface area contributed by atoms with Gasteiger partial charge in [-0.05, 0) is 33.8 Å². The van der Waals surface area contributed by atoms with E-state index < -0.39 is 34.3 Å². The molecule has 1 N–H and O–H groups in total. The Bertz CT molecular complexity index is 758. The van der Waals surface area contributed by atoms with Crippen LogP contribution in [-0.2, 0) is 4.79 Å². The largest absolute Gasteiger partial charge is 0.336 e. The van der Waals surface area contributed by atoms with Gasteiger partial charge in [-0.3, -0.25) is 4.79 Å². The van der Waals surface area contributed by atoms with Crippen LogP contribution >= 0.6 is 0 Å². The van der Waals surface area contributed by atoms with Gasteiger partial charge in [0, 0.05) is 18.2 Å². The number of nitrogens with zero attached hydrogens (tertiary/aromatic N) is 2. The Hall–Kier alpha value is -2.38. The quantitative estimate of drug-likeness (QED) is 0.398. The first kappa shape index (κ1) is 18.0. The minimum Gasteiger partial charge on any atom is -0.336 e. The SMILES string of the molecule is CC(C)N(C(=O)C=Cc1nc2c(F)c(F)c(F)c(F)c2[nH]1)C(C)C. The van der Waals surface area contributed by atoms with Crippen molar-refractivity contribution in [3.05, 3.63) is 35.2 Å². The molecule has 0 aliphatic heterocycles. The van der Waals surface area contributed by atoms with Crippen LogP contribution in [0, 0.1) is 23.3 Å². The van der Waals surface area contributed by atoms with Crippen molar-refractivity contribution in [2.24, 2.45) is 0 Å². The van der Waals surface area contributed by atoms with Gasteiger partial charge in [-0.15, -0.1) is 0 Å². The second-order valence-electron chi connectivity index (χ2n) is 5.87. The average Bonchev–Trinajstić information content (AvgIpc) is 2.92. The van der Waals surface area contributed by atoms with E-state index in [-0.39, 0.29) is 23.8 Å². The van der Waals surface area contributed by atoms with Crippen molar-refractivity contribution in [2.75, 3.05) is 0 Å². The topological polar surface area (TPSA) is 49.0 Å². The zero-order valence-electron chi connectivity index (χ0n) is 13.6. The molecule has 24 heavy (non-hydrogen) atoms. The number of aromatic nitrogens is 2. The summed E-state index contributed by atoms with van der Waals surface area (Å²) in [6.45, 7) is 7.40. The van der Waals surface area contributed by atoms with E-state index in [1.165, 1.54) is 12.2 Å². The van der Waals surface area contributed by atoms with Gasteiger partial charge in [0.25, 0.3) is 0 Å². The Morgan fingerprint density at radius 3 is 2.08 bits per heavy atom. The molecule has 1 heterocycles. The molecular formula is C16H17F4N3O. The molecule has 0 fully saturated rings.